The molecule has 1 aliphatic carbocycles. The minimum absolute atomic E-state index is 1.05. The second kappa shape index (κ2) is 4.92. The molecule has 1 heteroatoms. The van der Waals surface area contributed by atoms with Crippen LogP contribution in [0.25, 0.3) is 11.6 Å². The molecule has 21 heavy (non-hydrogen) atoms. The van der Waals surface area contributed by atoms with Crippen LogP contribution in [0.5, 0.6) is 0 Å². The van der Waals surface area contributed by atoms with Gasteiger partial charge in [0.25, 0.3) is 0 Å². The average Bonchev–Trinajstić information content (AvgIpc) is 2.82. The van der Waals surface area contributed by atoms with Crippen molar-refractivity contribution in [3.05, 3.63) is 77.0 Å². The van der Waals surface area contributed by atoms with Gasteiger partial charge < -0.3 is 5.32 Å². The minimum Gasteiger partial charge on any atom is -0.359 e. The van der Waals surface area contributed by atoms with Crippen LogP contribution < -0.4 is 5.32 Å². The van der Waals surface area contributed by atoms with Crippen LogP contribution >= 0.6 is 0 Å². The largest absolute Gasteiger partial charge is 0.359 e. The van der Waals surface area contributed by atoms with Crippen LogP contribution in [0.3, 0.4) is 0 Å². The fraction of sp³-hybridized carbons (Fsp3) is 0.200. The molecule has 1 N–H and O–H groups in total. The van der Waals surface area contributed by atoms with Crippen molar-refractivity contribution in [2.75, 3.05) is 5.32 Å². The molecule has 2 aromatic rings. The van der Waals surface area contributed by atoms with Crippen LogP contribution in [0, 0.1) is 0 Å². The summed E-state index contributed by atoms with van der Waals surface area (Å²) >= 11 is 0. The fourth-order valence-electron chi connectivity index (χ4n) is 3.46. The average molecular weight is 273 g/mol. The molecule has 0 bridgehead atoms. The van der Waals surface area contributed by atoms with E-state index >= 15 is 0 Å². The molecule has 0 spiro atoms. The molecule has 0 fully saturated rings. The lowest BCUT2D eigenvalue weighted by atomic mass is 9.94. The molecular weight excluding hydrogens is 254 g/mol. The molecule has 2 aliphatic rings. The van der Waals surface area contributed by atoms with E-state index in [0.29, 0.717) is 0 Å². The number of anilines is 1. The molecule has 0 amide bonds. The smallest absolute Gasteiger partial charge is 0.0420 e. The van der Waals surface area contributed by atoms with E-state index in [0.717, 1.165) is 25.0 Å². The van der Waals surface area contributed by atoms with E-state index in [9.17, 15) is 0 Å². The van der Waals surface area contributed by atoms with E-state index < -0.39 is 0 Å². The first-order valence-corrected chi connectivity index (χ1v) is 7.67. The van der Waals surface area contributed by atoms with Gasteiger partial charge in [-0.05, 0) is 59.6 Å². The standard InChI is InChI=1S/C20H19N/c1-14-6-4-10-19-18(9-5-11-20(19)21-14)17-12-15-7-2-3-8-16(15)13-17/h2-3,5,7-9,11-12,21H,1,4,6,10,13H2. The van der Waals surface area contributed by atoms with Crippen molar-refractivity contribution >= 4 is 17.3 Å². The zero-order chi connectivity index (χ0) is 14.2. The van der Waals surface area contributed by atoms with Crippen molar-refractivity contribution in [2.24, 2.45) is 0 Å². The van der Waals surface area contributed by atoms with Gasteiger partial charge in [0.2, 0.25) is 0 Å². The molecule has 0 unspecified atom stereocenters. The highest BCUT2D eigenvalue weighted by Gasteiger charge is 2.19. The van der Waals surface area contributed by atoms with Crippen molar-refractivity contribution in [3.63, 3.8) is 0 Å². The van der Waals surface area contributed by atoms with Crippen molar-refractivity contribution in [2.45, 2.75) is 25.7 Å². The van der Waals surface area contributed by atoms with Gasteiger partial charge in [0.05, 0.1) is 0 Å². The Bertz CT molecular complexity index is 752. The van der Waals surface area contributed by atoms with E-state index in [2.05, 4.69) is 60.4 Å². The van der Waals surface area contributed by atoms with Crippen LogP contribution in [0.15, 0.2) is 54.7 Å². The summed E-state index contributed by atoms with van der Waals surface area (Å²) in [5.74, 6) is 0. The summed E-state index contributed by atoms with van der Waals surface area (Å²) in [6.07, 6.45) is 6.77. The third-order valence-electron chi connectivity index (χ3n) is 4.50. The Morgan fingerprint density at radius 3 is 2.76 bits per heavy atom. The van der Waals surface area contributed by atoms with Crippen LogP contribution in [-0.2, 0) is 12.8 Å². The Hall–Kier alpha value is -2.28. The number of fused-ring (bicyclic) bond motifs is 2. The number of allylic oxidation sites excluding steroid dienone is 2. The highest BCUT2D eigenvalue weighted by Crippen LogP contribution is 2.37. The Kier molecular flexibility index (Phi) is 2.92. The number of rotatable bonds is 1. The van der Waals surface area contributed by atoms with Crippen LogP contribution in [0.4, 0.5) is 5.69 Å². The summed E-state index contributed by atoms with van der Waals surface area (Å²) in [6, 6.07) is 15.3. The molecule has 0 saturated heterocycles. The van der Waals surface area contributed by atoms with Crippen molar-refractivity contribution in [1.29, 1.82) is 0 Å². The highest BCUT2D eigenvalue weighted by atomic mass is 14.9. The number of benzene rings is 2. The van der Waals surface area contributed by atoms with E-state index in [4.69, 9.17) is 0 Å². The normalized spacial score (nSPS) is 16.6. The lowest BCUT2D eigenvalue weighted by Crippen LogP contribution is -1.99. The maximum atomic E-state index is 4.11. The van der Waals surface area contributed by atoms with E-state index in [-0.39, 0.29) is 0 Å². The second-order valence-corrected chi connectivity index (χ2v) is 5.96. The summed E-state index contributed by atoms with van der Waals surface area (Å²) in [6.45, 7) is 4.11. The first-order chi connectivity index (χ1) is 10.3. The van der Waals surface area contributed by atoms with Gasteiger partial charge in [0.1, 0.15) is 0 Å². The van der Waals surface area contributed by atoms with Gasteiger partial charge in [-0.15, -0.1) is 0 Å². The van der Waals surface area contributed by atoms with Gasteiger partial charge in [-0.1, -0.05) is 49.1 Å². The lowest BCUT2D eigenvalue weighted by molar-refractivity contribution is 0.834. The lowest BCUT2D eigenvalue weighted by Gasteiger charge is -2.14. The molecule has 0 radical (unpaired) electrons. The maximum absolute atomic E-state index is 4.11. The first kappa shape index (κ1) is 12.5. The van der Waals surface area contributed by atoms with Gasteiger partial charge in [-0.2, -0.15) is 0 Å². The maximum Gasteiger partial charge on any atom is 0.0420 e. The summed E-state index contributed by atoms with van der Waals surface area (Å²) in [5.41, 5.74) is 9.50. The third-order valence-corrected chi connectivity index (χ3v) is 4.50. The Morgan fingerprint density at radius 2 is 1.86 bits per heavy atom. The van der Waals surface area contributed by atoms with E-state index in [1.54, 1.807) is 0 Å². The zero-order valence-electron chi connectivity index (χ0n) is 12.2. The number of nitrogens with one attached hydrogen (secondary N) is 1. The van der Waals surface area contributed by atoms with Gasteiger partial charge in [-0.25, -0.2) is 0 Å². The predicted molar refractivity (Wildman–Crippen MR) is 90.2 cm³/mol. The molecule has 1 nitrogen and oxygen atoms in total. The fourth-order valence-corrected chi connectivity index (χ4v) is 3.46. The molecular formula is C20H19N. The molecule has 0 aromatic heterocycles. The molecule has 0 saturated carbocycles. The highest BCUT2D eigenvalue weighted by molar-refractivity contribution is 5.90. The monoisotopic (exact) mass is 273 g/mol. The van der Waals surface area contributed by atoms with Crippen molar-refractivity contribution in [3.8, 4) is 0 Å². The summed E-state index contributed by atoms with van der Waals surface area (Å²) in [5, 5.41) is 3.49. The molecule has 0 atom stereocenters. The molecule has 104 valence electrons. The minimum atomic E-state index is 1.05. The summed E-state index contributed by atoms with van der Waals surface area (Å²) in [7, 11) is 0. The summed E-state index contributed by atoms with van der Waals surface area (Å²) in [4.78, 5) is 0. The number of hydrogen-bond acceptors (Lipinski definition) is 1. The summed E-state index contributed by atoms with van der Waals surface area (Å²) < 4.78 is 0. The third kappa shape index (κ3) is 2.19. The van der Waals surface area contributed by atoms with E-state index in [1.165, 1.54) is 39.9 Å². The predicted octanol–water partition coefficient (Wildman–Crippen LogP) is 5.05. The second-order valence-electron chi connectivity index (χ2n) is 5.96. The molecule has 1 heterocycles. The Morgan fingerprint density at radius 1 is 0.952 bits per heavy atom. The SMILES string of the molecule is C=C1CCCc2c(cccc2C2=Cc3ccccc3C2)N1. The van der Waals surface area contributed by atoms with Crippen molar-refractivity contribution in [1.82, 2.24) is 0 Å². The van der Waals surface area contributed by atoms with Crippen molar-refractivity contribution < 1.29 is 0 Å². The molecule has 2 aromatic carbocycles. The van der Waals surface area contributed by atoms with Gasteiger partial charge in [0, 0.05) is 11.4 Å². The van der Waals surface area contributed by atoms with Crippen LogP contribution in [0.1, 0.15) is 35.1 Å². The zero-order valence-corrected chi connectivity index (χ0v) is 12.2. The van der Waals surface area contributed by atoms with Gasteiger partial charge in [0.15, 0.2) is 0 Å². The Labute approximate surface area is 126 Å². The quantitative estimate of drug-likeness (QED) is 0.767. The molecule has 1 aliphatic heterocycles. The number of hydrogen-bond donors (Lipinski definition) is 1. The molecule has 4 rings (SSSR count). The topological polar surface area (TPSA) is 12.0 Å². The van der Waals surface area contributed by atoms with Gasteiger partial charge >= 0.3 is 0 Å². The van der Waals surface area contributed by atoms with E-state index in [1.807, 2.05) is 0 Å². The van der Waals surface area contributed by atoms with Crippen LogP contribution in [0.2, 0.25) is 0 Å². The van der Waals surface area contributed by atoms with Gasteiger partial charge in [-0.3, -0.25) is 0 Å². The first-order valence-electron chi connectivity index (χ1n) is 7.67. The Balaban J connectivity index is 1.78. The van der Waals surface area contributed by atoms with Crippen LogP contribution in [-0.4, -0.2) is 0 Å².